The lowest BCUT2D eigenvalue weighted by Gasteiger charge is -2.44. The van der Waals surface area contributed by atoms with E-state index in [0.29, 0.717) is 5.54 Å². The third kappa shape index (κ3) is 3.76. The van der Waals surface area contributed by atoms with Crippen LogP contribution in [0.5, 0.6) is 0 Å². The van der Waals surface area contributed by atoms with Crippen molar-refractivity contribution in [1.29, 1.82) is 0 Å². The van der Waals surface area contributed by atoms with Gasteiger partial charge in [0.05, 0.1) is 0 Å². The molecule has 1 saturated heterocycles. The quantitative estimate of drug-likeness (QED) is 0.753. The van der Waals surface area contributed by atoms with Gasteiger partial charge in [-0.15, -0.1) is 0 Å². The van der Waals surface area contributed by atoms with E-state index in [1.807, 2.05) is 0 Å². The zero-order valence-electron chi connectivity index (χ0n) is 11.0. The minimum absolute atomic E-state index is 0.392. The van der Waals surface area contributed by atoms with Crippen LogP contribution in [0.25, 0.3) is 0 Å². The van der Waals surface area contributed by atoms with Crippen molar-refractivity contribution in [3.63, 3.8) is 0 Å². The minimum Gasteiger partial charge on any atom is -0.311 e. The van der Waals surface area contributed by atoms with E-state index < -0.39 is 0 Å². The number of hydrogen-bond donors (Lipinski definition) is 1. The lowest BCUT2D eigenvalue weighted by molar-refractivity contribution is 0.0729. The average molecular weight is 212 g/mol. The number of hydrogen-bond acceptors (Lipinski definition) is 2. The largest absolute Gasteiger partial charge is 0.311 e. The van der Waals surface area contributed by atoms with Crippen LogP contribution in [0.15, 0.2) is 0 Å². The second-order valence-corrected chi connectivity index (χ2v) is 5.45. The van der Waals surface area contributed by atoms with Gasteiger partial charge in [-0.05, 0) is 26.7 Å². The molecule has 0 aromatic carbocycles. The molecule has 15 heavy (non-hydrogen) atoms. The summed E-state index contributed by atoms with van der Waals surface area (Å²) in [5.74, 6) is 0. The van der Waals surface area contributed by atoms with Gasteiger partial charge in [0, 0.05) is 31.2 Å². The van der Waals surface area contributed by atoms with E-state index in [2.05, 4.69) is 37.9 Å². The molecule has 2 heteroatoms. The van der Waals surface area contributed by atoms with Gasteiger partial charge >= 0.3 is 0 Å². The summed E-state index contributed by atoms with van der Waals surface area (Å²) in [6, 6.07) is 0.722. The molecule has 1 aliphatic heterocycles. The van der Waals surface area contributed by atoms with Gasteiger partial charge < -0.3 is 5.32 Å². The van der Waals surface area contributed by atoms with Crippen LogP contribution in [0, 0.1) is 0 Å². The first kappa shape index (κ1) is 13.0. The number of nitrogens with zero attached hydrogens (tertiary/aromatic N) is 1. The van der Waals surface area contributed by atoms with Crippen molar-refractivity contribution in [2.75, 3.05) is 19.6 Å². The highest BCUT2D eigenvalue weighted by Gasteiger charge is 2.29. The molecular formula is C13H28N2. The molecule has 2 nitrogen and oxygen atoms in total. The summed E-state index contributed by atoms with van der Waals surface area (Å²) >= 11 is 0. The maximum absolute atomic E-state index is 3.62. The van der Waals surface area contributed by atoms with Crippen LogP contribution in [0.2, 0.25) is 0 Å². The summed E-state index contributed by atoms with van der Waals surface area (Å²) in [4.78, 5) is 2.67. The molecule has 1 unspecified atom stereocenters. The normalized spacial score (nSPS) is 24.4. The molecule has 0 spiro atoms. The maximum Gasteiger partial charge on any atom is 0.0195 e. The monoisotopic (exact) mass is 212 g/mol. The Hall–Kier alpha value is -0.0800. The van der Waals surface area contributed by atoms with Gasteiger partial charge in [0.15, 0.2) is 0 Å². The second-order valence-electron chi connectivity index (χ2n) is 5.45. The van der Waals surface area contributed by atoms with Gasteiger partial charge in [-0.25, -0.2) is 0 Å². The van der Waals surface area contributed by atoms with Crippen molar-refractivity contribution in [3.05, 3.63) is 0 Å². The van der Waals surface area contributed by atoms with E-state index in [4.69, 9.17) is 0 Å². The van der Waals surface area contributed by atoms with Crippen LogP contribution in [-0.2, 0) is 0 Å². The zero-order chi connectivity index (χ0) is 11.3. The van der Waals surface area contributed by atoms with Crippen LogP contribution >= 0.6 is 0 Å². The molecular weight excluding hydrogens is 184 g/mol. The molecule has 0 amide bonds. The Morgan fingerprint density at radius 2 is 2.00 bits per heavy atom. The molecule has 1 fully saturated rings. The van der Waals surface area contributed by atoms with Gasteiger partial charge in [-0.1, -0.05) is 26.7 Å². The van der Waals surface area contributed by atoms with Crippen molar-refractivity contribution in [1.82, 2.24) is 10.2 Å². The highest BCUT2D eigenvalue weighted by molar-refractivity contribution is 4.88. The predicted molar refractivity (Wildman–Crippen MR) is 67.3 cm³/mol. The number of piperazine rings is 1. The summed E-state index contributed by atoms with van der Waals surface area (Å²) in [6.07, 6.45) is 5.21. The standard InChI is InChI=1S/C13H28N2/c1-5-7-12-11-15(10-9-14-12)13(3,4)8-6-2/h12,14H,5-11H2,1-4H3. The molecule has 0 aromatic rings. The predicted octanol–water partition coefficient (Wildman–Crippen LogP) is 2.64. The summed E-state index contributed by atoms with van der Waals surface area (Å²) in [6.45, 7) is 13.0. The average Bonchev–Trinajstić information content (AvgIpc) is 2.19. The zero-order valence-corrected chi connectivity index (χ0v) is 11.0. The lowest BCUT2D eigenvalue weighted by atomic mass is 9.94. The van der Waals surface area contributed by atoms with Gasteiger partial charge in [0.25, 0.3) is 0 Å². The van der Waals surface area contributed by atoms with E-state index in [9.17, 15) is 0 Å². The summed E-state index contributed by atoms with van der Waals surface area (Å²) < 4.78 is 0. The maximum atomic E-state index is 3.62. The Balaban J connectivity index is 2.47. The van der Waals surface area contributed by atoms with Crippen LogP contribution in [0.3, 0.4) is 0 Å². The first-order chi connectivity index (χ1) is 7.10. The number of nitrogens with one attached hydrogen (secondary N) is 1. The molecule has 1 N–H and O–H groups in total. The van der Waals surface area contributed by atoms with Crippen LogP contribution < -0.4 is 5.32 Å². The van der Waals surface area contributed by atoms with Crippen molar-refractivity contribution in [3.8, 4) is 0 Å². The fraction of sp³-hybridized carbons (Fsp3) is 1.00. The van der Waals surface area contributed by atoms with Crippen LogP contribution in [0.4, 0.5) is 0 Å². The molecule has 0 aliphatic carbocycles. The topological polar surface area (TPSA) is 15.3 Å². The van der Waals surface area contributed by atoms with Gasteiger partial charge in [-0.2, -0.15) is 0 Å². The van der Waals surface area contributed by atoms with Crippen molar-refractivity contribution in [2.45, 2.75) is 65.0 Å². The summed E-state index contributed by atoms with van der Waals surface area (Å²) in [7, 11) is 0. The highest BCUT2D eigenvalue weighted by atomic mass is 15.2. The lowest BCUT2D eigenvalue weighted by Crippen LogP contribution is -2.57. The third-order valence-corrected chi connectivity index (χ3v) is 3.61. The Labute approximate surface area is 95.4 Å². The molecule has 1 heterocycles. The minimum atomic E-state index is 0.392. The van der Waals surface area contributed by atoms with Crippen molar-refractivity contribution < 1.29 is 0 Å². The van der Waals surface area contributed by atoms with Gasteiger partial charge in [0.1, 0.15) is 0 Å². The second kappa shape index (κ2) is 5.86. The summed E-state index contributed by atoms with van der Waals surface area (Å²) in [5, 5.41) is 3.62. The summed E-state index contributed by atoms with van der Waals surface area (Å²) in [5.41, 5.74) is 0.392. The Morgan fingerprint density at radius 3 is 2.60 bits per heavy atom. The third-order valence-electron chi connectivity index (χ3n) is 3.61. The fourth-order valence-corrected chi connectivity index (χ4v) is 2.69. The van der Waals surface area contributed by atoms with Gasteiger partial charge in [0.2, 0.25) is 0 Å². The highest BCUT2D eigenvalue weighted by Crippen LogP contribution is 2.22. The van der Waals surface area contributed by atoms with E-state index >= 15 is 0 Å². The Morgan fingerprint density at radius 1 is 1.27 bits per heavy atom. The molecule has 1 rings (SSSR count). The smallest absolute Gasteiger partial charge is 0.0195 e. The van der Waals surface area contributed by atoms with Gasteiger partial charge in [-0.3, -0.25) is 4.90 Å². The number of rotatable bonds is 5. The molecule has 0 aromatic heterocycles. The van der Waals surface area contributed by atoms with E-state index in [1.165, 1.54) is 38.8 Å². The van der Waals surface area contributed by atoms with Crippen molar-refractivity contribution >= 4 is 0 Å². The first-order valence-corrected chi connectivity index (χ1v) is 6.58. The van der Waals surface area contributed by atoms with Crippen molar-refractivity contribution in [2.24, 2.45) is 0 Å². The molecule has 1 atom stereocenters. The molecule has 0 radical (unpaired) electrons. The SMILES string of the molecule is CCCC1CN(C(C)(C)CCC)CCN1. The molecule has 1 aliphatic rings. The Kier molecular flexibility index (Phi) is 5.07. The van der Waals surface area contributed by atoms with E-state index in [1.54, 1.807) is 0 Å². The van der Waals surface area contributed by atoms with E-state index in [0.717, 1.165) is 12.6 Å². The van der Waals surface area contributed by atoms with Crippen LogP contribution in [-0.4, -0.2) is 36.1 Å². The first-order valence-electron chi connectivity index (χ1n) is 6.58. The fourth-order valence-electron chi connectivity index (χ4n) is 2.69. The Bertz CT molecular complexity index is 175. The van der Waals surface area contributed by atoms with E-state index in [-0.39, 0.29) is 0 Å². The molecule has 0 bridgehead atoms. The van der Waals surface area contributed by atoms with Crippen LogP contribution in [0.1, 0.15) is 53.4 Å². The molecule has 0 saturated carbocycles. The molecule has 90 valence electrons.